The van der Waals surface area contributed by atoms with Crippen molar-refractivity contribution in [1.82, 2.24) is 0 Å². The Bertz CT molecular complexity index is 545. The van der Waals surface area contributed by atoms with Gasteiger partial charge in [-0.15, -0.1) is 0 Å². The number of nitrogens with zero attached hydrogens (tertiary/aromatic N) is 1. The van der Waals surface area contributed by atoms with Crippen LogP contribution in [0.15, 0.2) is 23.2 Å². The summed E-state index contributed by atoms with van der Waals surface area (Å²) in [7, 11) is 0. The molecule has 76 valence electrons. The Balaban J connectivity index is 2.45. The number of carbonyl (C=O) groups is 2. The number of carbonyl (C=O) groups excluding carboxylic acids is 2. The maximum absolute atomic E-state index is 11.4. The molecule has 0 N–H and O–H groups in total. The molecule has 0 radical (unpaired) electrons. The van der Waals surface area contributed by atoms with Gasteiger partial charge in [0.25, 0.3) is 5.91 Å². The Morgan fingerprint density at radius 1 is 1.47 bits per heavy atom. The van der Waals surface area contributed by atoms with E-state index in [-0.39, 0.29) is 5.91 Å². The van der Waals surface area contributed by atoms with Gasteiger partial charge >= 0.3 is 5.97 Å². The van der Waals surface area contributed by atoms with E-state index in [9.17, 15) is 9.59 Å². The predicted octanol–water partition coefficient (Wildman–Crippen LogP) is -0.196. The molecule has 1 aliphatic heterocycles. The first-order chi connectivity index (χ1) is 7.20. The van der Waals surface area contributed by atoms with Gasteiger partial charge in [-0.3, -0.25) is 4.79 Å². The molecule has 1 aromatic carbocycles. The zero-order valence-corrected chi connectivity index (χ0v) is 8.19. The van der Waals surface area contributed by atoms with E-state index in [0.29, 0.717) is 17.5 Å². The molecule has 4 nitrogen and oxygen atoms in total. The van der Waals surface area contributed by atoms with Crippen LogP contribution in [0.3, 0.4) is 0 Å². The minimum absolute atomic E-state index is 0.286. The first kappa shape index (κ1) is 9.58. The van der Waals surface area contributed by atoms with Gasteiger partial charge in [0, 0.05) is 11.3 Å². The first-order valence-corrected chi connectivity index (χ1v) is 4.62. The van der Waals surface area contributed by atoms with E-state index in [2.05, 4.69) is 4.99 Å². The summed E-state index contributed by atoms with van der Waals surface area (Å²) < 4.78 is 4.84. The third-order valence-electron chi connectivity index (χ3n) is 2.05. The average molecular weight is 203 g/mol. The molecule has 1 aromatic rings. The minimum Gasteiger partial charge on any atom is -0.462 e. The Morgan fingerprint density at radius 3 is 3.00 bits per heavy atom. The second-order valence-corrected chi connectivity index (χ2v) is 3.09. The molecule has 0 spiro atoms. The zero-order chi connectivity index (χ0) is 10.8. The van der Waals surface area contributed by atoms with E-state index in [1.165, 1.54) is 6.08 Å². The Labute approximate surface area is 85.9 Å². The molecule has 0 saturated carbocycles. The van der Waals surface area contributed by atoms with Crippen LogP contribution in [0.2, 0.25) is 0 Å². The van der Waals surface area contributed by atoms with Gasteiger partial charge in [-0.25, -0.2) is 9.79 Å². The molecule has 0 bridgehead atoms. The van der Waals surface area contributed by atoms with Crippen LogP contribution < -0.4 is 10.6 Å². The number of hydrogen-bond acceptors (Lipinski definition) is 3. The summed E-state index contributed by atoms with van der Waals surface area (Å²) in [5.41, 5.74) is 0.419. The molecular weight excluding hydrogens is 194 g/mol. The quantitative estimate of drug-likeness (QED) is 0.626. The molecule has 4 heteroatoms. The SMILES string of the molecule is CCOC(=O)c1ccc2c(c1)=NC(=O)C=2. The van der Waals surface area contributed by atoms with Crippen molar-refractivity contribution in [2.75, 3.05) is 6.61 Å². The van der Waals surface area contributed by atoms with E-state index >= 15 is 0 Å². The summed E-state index contributed by atoms with van der Waals surface area (Å²) in [5.74, 6) is -0.680. The van der Waals surface area contributed by atoms with E-state index in [4.69, 9.17) is 4.74 Å². The third kappa shape index (κ3) is 1.79. The molecule has 0 atom stereocenters. The monoisotopic (exact) mass is 203 g/mol. The fourth-order valence-corrected chi connectivity index (χ4v) is 1.39. The van der Waals surface area contributed by atoms with Gasteiger partial charge < -0.3 is 4.74 Å². The van der Waals surface area contributed by atoms with Gasteiger partial charge in [-0.2, -0.15) is 0 Å². The second kappa shape index (κ2) is 3.65. The lowest BCUT2D eigenvalue weighted by molar-refractivity contribution is -0.112. The van der Waals surface area contributed by atoms with Crippen LogP contribution in [0, 0.1) is 0 Å². The molecule has 0 aliphatic carbocycles. The van der Waals surface area contributed by atoms with Gasteiger partial charge in [-0.05, 0) is 19.1 Å². The van der Waals surface area contributed by atoms with E-state index in [1.54, 1.807) is 25.1 Å². The van der Waals surface area contributed by atoms with Crippen molar-refractivity contribution < 1.29 is 14.3 Å². The highest BCUT2D eigenvalue weighted by Gasteiger charge is 2.09. The highest BCUT2D eigenvalue weighted by atomic mass is 16.5. The van der Waals surface area contributed by atoms with Gasteiger partial charge in [0.2, 0.25) is 0 Å². The highest BCUT2D eigenvalue weighted by Crippen LogP contribution is 1.97. The van der Waals surface area contributed by atoms with Crippen molar-refractivity contribution >= 4 is 18.0 Å². The fourth-order valence-electron chi connectivity index (χ4n) is 1.39. The standard InChI is InChI=1S/C11H9NO3/c1-2-15-11(14)8-4-3-7-6-10(13)12-9(7)5-8/h3-6H,2H2,1H3. The van der Waals surface area contributed by atoms with Crippen LogP contribution in [0.5, 0.6) is 0 Å². The first-order valence-electron chi connectivity index (χ1n) is 4.62. The Morgan fingerprint density at radius 2 is 2.27 bits per heavy atom. The number of esters is 1. The molecule has 2 rings (SSSR count). The molecule has 1 amide bonds. The summed E-state index contributed by atoms with van der Waals surface area (Å²) in [6, 6.07) is 4.88. The lowest BCUT2D eigenvalue weighted by Gasteiger charge is -1.99. The summed E-state index contributed by atoms with van der Waals surface area (Å²) in [6.07, 6.45) is 1.43. The summed E-state index contributed by atoms with van der Waals surface area (Å²) in [6.45, 7) is 2.07. The molecule has 1 heterocycles. The largest absolute Gasteiger partial charge is 0.462 e. The molecule has 1 aliphatic rings. The number of ether oxygens (including phenoxy) is 1. The smallest absolute Gasteiger partial charge is 0.338 e. The third-order valence-corrected chi connectivity index (χ3v) is 2.05. The van der Waals surface area contributed by atoms with Crippen LogP contribution >= 0.6 is 0 Å². The topological polar surface area (TPSA) is 55.7 Å². The van der Waals surface area contributed by atoms with Crippen molar-refractivity contribution in [3.05, 3.63) is 34.3 Å². The number of amides is 1. The van der Waals surface area contributed by atoms with Crippen LogP contribution in [-0.2, 0) is 9.53 Å². The molecule has 15 heavy (non-hydrogen) atoms. The lowest BCUT2D eigenvalue weighted by Crippen LogP contribution is -2.23. The molecule has 0 aromatic heterocycles. The van der Waals surface area contributed by atoms with Crippen molar-refractivity contribution in [2.45, 2.75) is 6.92 Å². The Hall–Kier alpha value is -1.97. The molecule has 0 fully saturated rings. The lowest BCUT2D eigenvalue weighted by atomic mass is 10.2. The van der Waals surface area contributed by atoms with Crippen LogP contribution in [0.4, 0.5) is 0 Å². The van der Waals surface area contributed by atoms with Gasteiger partial charge in [0.05, 0.1) is 17.5 Å². The zero-order valence-electron chi connectivity index (χ0n) is 8.19. The van der Waals surface area contributed by atoms with Gasteiger partial charge in [0.15, 0.2) is 0 Å². The van der Waals surface area contributed by atoms with E-state index < -0.39 is 5.97 Å². The van der Waals surface area contributed by atoms with Crippen molar-refractivity contribution in [1.29, 1.82) is 0 Å². The molecule has 0 saturated heterocycles. The van der Waals surface area contributed by atoms with Crippen molar-refractivity contribution in [3.63, 3.8) is 0 Å². The van der Waals surface area contributed by atoms with Gasteiger partial charge in [0.1, 0.15) is 0 Å². The molecule has 0 unspecified atom stereocenters. The minimum atomic E-state index is -0.394. The van der Waals surface area contributed by atoms with Crippen molar-refractivity contribution in [2.24, 2.45) is 4.99 Å². The molecular formula is C11H9NO3. The summed E-state index contributed by atoms with van der Waals surface area (Å²) >= 11 is 0. The van der Waals surface area contributed by atoms with E-state index in [1.807, 2.05) is 0 Å². The average Bonchev–Trinajstić information content (AvgIpc) is 2.57. The number of hydrogen-bond donors (Lipinski definition) is 0. The Kier molecular flexibility index (Phi) is 2.33. The van der Waals surface area contributed by atoms with E-state index in [0.717, 1.165) is 5.22 Å². The van der Waals surface area contributed by atoms with Crippen molar-refractivity contribution in [3.8, 4) is 0 Å². The summed E-state index contributed by atoms with van der Waals surface area (Å²) in [5, 5.41) is 1.28. The van der Waals surface area contributed by atoms with Crippen LogP contribution in [0.1, 0.15) is 17.3 Å². The summed E-state index contributed by atoms with van der Waals surface area (Å²) in [4.78, 5) is 26.1. The highest BCUT2D eigenvalue weighted by molar-refractivity contribution is 6.06. The second-order valence-electron chi connectivity index (χ2n) is 3.09. The number of fused-ring (bicyclic) bond motifs is 1. The normalized spacial score (nSPS) is 12.7. The fraction of sp³-hybridized carbons (Fsp3) is 0.182. The number of benzene rings is 1. The number of rotatable bonds is 2. The van der Waals surface area contributed by atoms with Crippen LogP contribution in [-0.4, -0.2) is 18.5 Å². The maximum atomic E-state index is 11.4. The van der Waals surface area contributed by atoms with Crippen LogP contribution in [0.25, 0.3) is 6.08 Å². The predicted molar refractivity (Wildman–Crippen MR) is 52.7 cm³/mol. The maximum Gasteiger partial charge on any atom is 0.338 e. The van der Waals surface area contributed by atoms with Gasteiger partial charge in [-0.1, -0.05) is 6.07 Å².